The van der Waals surface area contributed by atoms with Gasteiger partial charge in [-0.2, -0.15) is 0 Å². The monoisotopic (exact) mass is 335 g/mol. The van der Waals surface area contributed by atoms with Crippen LogP contribution in [-0.4, -0.2) is 47.4 Å². The molecule has 0 saturated carbocycles. The van der Waals surface area contributed by atoms with E-state index in [0.717, 1.165) is 19.6 Å². The topological polar surface area (TPSA) is 95.9 Å². The van der Waals surface area contributed by atoms with Gasteiger partial charge in [0, 0.05) is 24.8 Å². The Morgan fingerprint density at radius 1 is 1.25 bits per heavy atom. The van der Waals surface area contributed by atoms with Crippen molar-refractivity contribution in [2.45, 2.75) is 38.3 Å². The number of benzene rings is 1. The van der Waals surface area contributed by atoms with E-state index < -0.39 is 11.9 Å². The number of aliphatic carboxylic acids is 2. The molecule has 2 atom stereocenters. The SMILES string of the molecule is CCN[C@H](Cc1ccccc1)[C@H]1CCCO1.O=C(O)/C=C\C(=O)O. The minimum atomic E-state index is -1.26. The largest absolute Gasteiger partial charge is 0.478 e. The van der Waals surface area contributed by atoms with Gasteiger partial charge in [-0.3, -0.25) is 0 Å². The molecule has 0 spiro atoms. The van der Waals surface area contributed by atoms with Gasteiger partial charge in [0.05, 0.1) is 6.10 Å². The van der Waals surface area contributed by atoms with Gasteiger partial charge in [-0.1, -0.05) is 37.3 Å². The maximum absolute atomic E-state index is 9.55. The summed E-state index contributed by atoms with van der Waals surface area (Å²) in [7, 11) is 0. The number of carboxylic acid groups (broad SMARTS) is 2. The Bertz CT molecular complexity index is 507. The summed E-state index contributed by atoms with van der Waals surface area (Å²) < 4.78 is 5.78. The normalized spacial score (nSPS) is 18.0. The molecule has 24 heavy (non-hydrogen) atoms. The Morgan fingerprint density at radius 2 is 1.88 bits per heavy atom. The Kier molecular flexibility index (Phi) is 9.41. The molecule has 1 aliphatic rings. The average Bonchev–Trinajstić information content (AvgIpc) is 3.08. The van der Waals surface area contributed by atoms with Crippen molar-refractivity contribution in [1.82, 2.24) is 5.32 Å². The highest BCUT2D eigenvalue weighted by Gasteiger charge is 2.25. The predicted molar refractivity (Wildman–Crippen MR) is 91.0 cm³/mol. The van der Waals surface area contributed by atoms with Gasteiger partial charge in [-0.25, -0.2) is 9.59 Å². The zero-order valence-electron chi connectivity index (χ0n) is 13.9. The number of hydrogen-bond acceptors (Lipinski definition) is 4. The number of likely N-dealkylation sites (N-methyl/N-ethyl adjacent to an activating group) is 1. The van der Waals surface area contributed by atoms with Crippen LogP contribution in [0, 0.1) is 0 Å². The molecular formula is C18H25NO5. The van der Waals surface area contributed by atoms with E-state index in [1.54, 1.807) is 0 Å². The van der Waals surface area contributed by atoms with E-state index in [2.05, 4.69) is 42.6 Å². The lowest BCUT2D eigenvalue weighted by Gasteiger charge is -2.23. The number of rotatable bonds is 7. The number of carboxylic acids is 2. The van der Waals surface area contributed by atoms with Gasteiger partial charge in [0.1, 0.15) is 0 Å². The smallest absolute Gasteiger partial charge is 0.328 e. The van der Waals surface area contributed by atoms with Crippen molar-refractivity contribution in [3.63, 3.8) is 0 Å². The van der Waals surface area contributed by atoms with Crippen LogP contribution < -0.4 is 5.32 Å². The van der Waals surface area contributed by atoms with Crippen molar-refractivity contribution in [3.05, 3.63) is 48.0 Å². The molecule has 1 heterocycles. The summed E-state index contributed by atoms with van der Waals surface area (Å²) in [5.41, 5.74) is 1.39. The van der Waals surface area contributed by atoms with Gasteiger partial charge >= 0.3 is 11.9 Å². The number of nitrogens with one attached hydrogen (secondary N) is 1. The van der Waals surface area contributed by atoms with E-state index in [9.17, 15) is 9.59 Å². The van der Waals surface area contributed by atoms with Crippen LogP contribution in [0.5, 0.6) is 0 Å². The van der Waals surface area contributed by atoms with Gasteiger partial charge in [0.2, 0.25) is 0 Å². The highest BCUT2D eigenvalue weighted by Crippen LogP contribution is 2.18. The molecule has 1 aromatic carbocycles. The third kappa shape index (κ3) is 8.45. The third-order valence-corrected chi connectivity index (χ3v) is 3.55. The highest BCUT2D eigenvalue weighted by molar-refractivity contribution is 5.89. The Hall–Kier alpha value is -2.18. The molecule has 0 amide bonds. The van der Waals surface area contributed by atoms with Crippen LogP contribution in [0.2, 0.25) is 0 Å². The van der Waals surface area contributed by atoms with Crippen molar-refractivity contribution in [2.75, 3.05) is 13.2 Å². The van der Waals surface area contributed by atoms with Crippen LogP contribution in [0.3, 0.4) is 0 Å². The van der Waals surface area contributed by atoms with Crippen LogP contribution in [0.25, 0.3) is 0 Å². The molecule has 0 aliphatic carbocycles. The molecule has 1 aliphatic heterocycles. The molecule has 132 valence electrons. The summed E-state index contributed by atoms with van der Waals surface area (Å²) in [6, 6.07) is 11.1. The molecule has 6 heteroatoms. The van der Waals surface area contributed by atoms with Gasteiger partial charge in [0.15, 0.2) is 0 Å². The van der Waals surface area contributed by atoms with Gasteiger partial charge in [0.25, 0.3) is 0 Å². The molecule has 0 aromatic heterocycles. The molecule has 2 rings (SSSR count). The van der Waals surface area contributed by atoms with E-state index in [4.69, 9.17) is 14.9 Å². The summed E-state index contributed by atoms with van der Waals surface area (Å²) >= 11 is 0. The first-order chi connectivity index (χ1) is 11.5. The summed E-state index contributed by atoms with van der Waals surface area (Å²) in [4.78, 5) is 19.1. The van der Waals surface area contributed by atoms with Crippen molar-refractivity contribution < 1.29 is 24.5 Å². The van der Waals surface area contributed by atoms with E-state index in [0.29, 0.717) is 24.3 Å². The fourth-order valence-corrected chi connectivity index (χ4v) is 2.53. The van der Waals surface area contributed by atoms with Crippen LogP contribution in [0.1, 0.15) is 25.3 Å². The first-order valence-corrected chi connectivity index (χ1v) is 8.05. The molecule has 1 aromatic rings. The first kappa shape index (κ1) is 19.9. The fraction of sp³-hybridized carbons (Fsp3) is 0.444. The second kappa shape index (κ2) is 11.4. The first-order valence-electron chi connectivity index (χ1n) is 8.05. The summed E-state index contributed by atoms with van der Waals surface area (Å²) in [6.07, 6.45) is 5.00. The van der Waals surface area contributed by atoms with Gasteiger partial charge in [-0.05, 0) is 31.4 Å². The van der Waals surface area contributed by atoms with E-state index in [-0.39, 0.29) is 0 Å². The Balaban J connectivity index is 0.000000307. The fourth-order valence-electron chi connectivity index (χ4n) is 2.53. The molecule has 1 fully saturated rings. The van der Waals surface area contributed by atoms with Crippen molar-refractivity contribution in [3.8, 4) is 0 Å². The lowest BCUT2D eigenvalue weighted by molar-refractivity contribution is -0.134. The average molecular weight is 335 g/mol. The zero-order chi connectivity index (χ0) is 17.8. The van der Waals surface area contributed by atoms with Crippen molar-refractivity contribution in [2.24, 2.45) is 0 Å². The predicted octanol–water partition coefficient (Wildman–Crippen LogP) is 2.10. The minimum Gasteiger partial charge on any atom is -0.478 e. The van der Waals surface area contributed by atoms with Crippen LogP contribution in [-0.2, 0) is 20.7 Å². The molecule has 6 nitrogen and oxygen atoms in total. The Morgan fingerprint density at radius 3 is 2.33 bits per heavy atom. The van der Waals surface area contributed by atoms with Gasteiger partial charge in [-0.15, -0.1) is 0 Å². The highest BCUT2D eigenvalue weighted by atomic mass is 16.5. The molecule has 0 radical (unpaired) electrons. The van der Waals surface area contributed by atoms with Crippen molar-refractivity contribution in [1.29, 1.82) is 0 Å². The summed E-state index contributed by atoms with van der Waals surface area (Å²) in [5.74, 6) is -2.51. The minimum absolute atomic E-state index is 0.403. The quantitative estimate of drug-likeness (QED) is 0.661. The maximum Gasteiger partial charge on any atom is 0.328 e. The summed E-state index contributed by atoms with van der Waals surface area (Å²) in [6.45, 7) is 4.10. The van der Waals surface area contributed by atoms with E-state index >= 15 is 0 Å². The van der Waals surface area contributed by atoms with Crippen LogP contribution >= 0.6 is 0 Å². The van der Waals surface area contributed by atoms with Crippen LogP contribution in [0.15, 0.2) is 42.5 Å². The number of ether oxygens (including phenoxy) is 1. The van der Waals surface area contributed by atoms with Crippen LogP contribution in [0.4, 0.5) is 0 Å². The van der Waals surface area contributed by atoms with E-state index in [1.165, 1.54) is 18.4 Å². The zero-order valence-corrected chi connectivity index (χ0v) is 13.9. The van der Waals surface area contributed by atoms with E-state index in [1.807, 2.05) is 0 Å². The molecule has 0 bridgehead atoms. The molecule has 3 N–H and O–H groups in total. The molecule has 0 unspecified atom stereocenters. The maximum atomic E-state index is 9.55. The lowest BCUT2D eigenvalue weighted by atomic mass is 9.99. The summed E-state index contributed by atoms with van der Waals surface area (Å²) in [5, 5.41) is 19.2. The molecular weight excluding hydrogens is 310 g/mol. The second-order valence-electron chi connectivity index (χ2n) is 5.42. The number of hydrogen-bond donors (Lipinski definition) is 3. The standard InChI is InChI=1S/C14H21NO.C4H4O4/c1-2-15-13(14-9-6-10-16-14)11-12-7-4-3-5-8-12;5-3(6)1-2-4(7)8/h3-5,7-8,13-15H,2,6,9-11H2,1H3;1-2H,(H,5,6)(H,7,8)/b;2-1-/t13-,14-;/m1./s1. The van der Waals surface area contributed by atoms with Gasteiger partial charge < -0.3 is 20.3 Å². The second-order valence-corrected chi connectivity index (χ2v) is 5.42. The van der Waals surface area contributed by atoms with Crippen molar-refractivity contribution >= 4 is 11.9 Å². The number of carbonyl (C=O) groups is 2. The lowest BCUT2D eigenvalue weighted by Crippen LogP contribution is -2.41. The Labute approximate surface area is 142 Å². The third-order valence-electron chi connectivity index (χ3n) is 3.55. The molecule has 1 saturated heterocycles.